The molecule has 0 spiro atoms. The van der Waals surface area contributed by atoms with Crippen LogP contribution < -0.4 is 0 Å². The van der Waals surface area contributed by atoms with Crippen LogP contribution in [0.3, 0.4) is 0 Å². The quantitative estimate of drug-likeness (QED) is 0.561. The van der Waals surface area contributed by atoms with Crippen LogP contribution >= 0.6 is 11.6 Å². The second-order valence-electron chi connectivity index (χ2n) is 5.09. The lowest BCUT2D eigenvalue weighted by molar-refractivity contribution is -0.384. The lowest BCUT2D eigenvalue weighted by Crippen LogP contribution is -2.26. The molecule has 0 saturated heterocycles. The van der Waals surface area contributed by atoms with E-state index in [2.05, 4.69) is 11.8 Å². The smallest absolute Gasteiger partial charge is 0.269 e. The molecule has 0 aliphatic heterocycles. The molecule has 0 bridgehead atoms. The van der Waals surface area contributed by atoms with Crippen molar-refractivity contribution in [3.8, 4) is 0 Å². The molecule has 1 aliphatic carbocycles. The zero-order valence-corrected chi connectivity index (χ0v) is 11.9. The predicted molar refractivity (Wildman–Crippen MR) is 76.4 cm³/mol. The first-order valence-electron chi connectivity index (χ1n) is 6.78. The van der Waals surface area contributed by atoms with Crippen molar-refractivity contribution < 1.29 is 4.92 Å². The van der Waals surface area contributed by atoms with Crippen molar-refractivity contribution in [3.63, 3.8) is 0 Å². The number of unbranched alkanes of at least 4 members (excludes halogenated alkanes) is 1. The third kappa shape index (κ3) is 3.91. The van der Waals surface area contributed by atoms with Crippen LogP contribution in [0.2, 0.25) is 5.02 Å². The molecule has 1 saturated carbocycles. The molecule has 1 aromatic rings. The van der Waals surface area contributed by atoms with Crippen molar-refractivity contribution in [2.75, 3.05) is 6.54 Å². The molecule has 0 radical (unpaired) electrons. The average molecular weight is 283 g/mol. The summed E-state index contributed by atoms with van der Waals surface area (Å²) in [5.41, 5.74) is 0.976. The monoisotopic (exact) mass is 282 g/mol. The van der Waals surface area contributed by atoms with Crippen molar-refractivity contribution in [1.29, 1.82) is 0 Å². The molecule has 1 aliphatic rings. The summed E-state index contributed by atoms with van der Waals surface area (Å²) in [6.45, 7) is 3.93. The molecule has 0 amide bonds. The molecule has 2 rings (SSSR count). The van der Waals surface area contributed by atoms with E-state index in [1.165, 1.54) is 18.9 Å². The fourth-order valence-electron chi connectivity index (χ4n) is 2.21. The van der Waals surface area contributed by atoms with Crippen LogP contribution in [0, 0.1) is 10.1 Å². The maximum Gasteiger partial charge on any atom is 0.269 e. The van der Waals surface area contributed by atoms with E-state index >= 15 is 0 Å². The molecular formula is C14H19ClN2O2. The van der Waals surface area contributed by atoms with Crippen LogP contribution in [0.5, 0.6) is 0 Å². The first-order valence-corrected chi connectivity index (χ1v) is 7.16. The number of hydrogen-bond acceptors (Lipinski definition) is 3. The second-order valence-corrected chi connectivity index (χ2v) is 5.50. The topological polar surface area (TPSA) is 46.4 Å². The van der Waals surface area contributed by atoms with Crippen LogP contribution in [0.15, 0.2) is 18.2 Å². The summed E-state index contributed by atoms with van der Waals surface area (Å²) < 4.78 is 0. The van der Waals surface area contributed by atoms with Gasteiger partial charge in [-0.05, 0) is 37.4 Å². The van der Waals surface area contributed by atoms with Gasteiger partial charge in [0.25, 0.3) is 5.69 Å². The number of halogens is 1. The summed E-state index contributed by atoms with van der Waals surface area (Å²) >= 11 is 6.15. The van der Waals surface area contributed by atoms with Gasteiger partial charge in [-0.15, -0.1) is 0 Å². The van der Waals surface area contributed by atoms with Crippen LogP contribution in [0.1, 0.15) is 38.2 Å². The van der Waals surface area contributed by atoms with Gasteiger partial charge >= 0.3 is 0 Å². The first kappa shape index (κ1) is 14.3. The van der Waals surface area contributed by atoms with Crippen molar-refractivity contribution in [1.82, 2.24) is 4.90 Å². The van der Waals surface area contributed by atoms with Crippen molar-refractivity contribution in [3.05, 3.63) is 38.9 Å². The van der Waals surface area contributed by atoms with E-state index in [1.807, 2.05) is 0 Å². The Morgan fingerprint density at radius 2 is 2.21 bits per heavy atom. The minimum Gasteiger partial charge on any atom is -0.296 e. The summed E-state index contributed by atoms with van der Waals surface area (Å²) in [6, 6.07) is 5.32. The van der Waals surface area contributed by atoms with Crippen LogP contribution in [0.25, 0.3) is 0 Å². The third-order valence-corrected chi connectivity index (χ3v) is 3.84. The van der Waals surface area contributed by atoms with Gasteiger partial charge in [-0.1, -0.05) is 24.9 Å². The van der Waals surface area contributed by atoms with Gasteiger partial charge in [0.2, 0.25) is 0 Å². The highest BCUT2D eigenvalue weighted by molar-refractivity contribution is 6.31. The fourth-order valence-corrected chi connectivity index (χ4v) is 2.38. The number of rotatable bonds is 7. The summed E-state index contributed by atoms with van der Waals surface area (Å²) in [6.07, 6.45) is 4.78. The molecule has 4 nitrogen and oxygen atoms in total. The van der Waals surface area contributed by atoms with Gasteiger partial charge in [-0.2, -0.15) is 0 Å². The Morgan fingerprint density at radius 1 is 1.47 bits per heavy atom. The fraction of sp³-hybridized carbons (Fsp3) is 0.571. The molecule has 0 atom stereocenters. The van der Waals surface area contributed by atoms with Crippen molar-refractivity contribution in [2.45, 2.75) is 45.2 Å². The maximum atomic E-state index is 10.8. The highest BCUT2D eigenvalue weighted by atomic mass is 35.5. The number of non-ortho nitro benzene ring substituents is 1. The van der Waals surface area contributed by atoms with Gasteiger partial charge in [-0.25, -0.2) is 0 Å². The van der Waals surface area contributed by atoms with E-state index < -0.39 is 0 Å². The van der Waals surface area contributed by atoms with E-state index in [-0.39, 0.29) is 10.6 Å². The SMILES string of the molecule is CCCCN(Cc1cc([N+](=O)[O-])ccc1Cl)C1CC1. The van der Waals surface area contributed by atoms with Crippen LogP contribution in [0.4, 0.5) is 5.69 Å². The highest BCUT2D eigenvalue weighted by Crippen LogP contribution is 2.31. The normalized spacial score (nSPS) is 14.9. The number of nitrogens with zero attached hydrogens (tertiary/aromatic N) is 2. The molecule has 1 aromatic carbocycles. The molecule has 0 unspecified atom stereocenters. The zero-order valence-electron chi connectivity index (χ0n) is 11.1. The molecule has 104 valence electrons. The molecule has 0 N–H and O–H groups in total. The predicted octanol–water partition coefficient (Wildman–Crippen LogP) is 4.01. The number of hydrogen-bond donors (Lipinski definition) is 0. The molecule has 1 fully saturated rings. The lowest BCUT2D eigenvalue weighted by atomic mass is 10.1. The Kier molecular flexibility index (Phi) is 4.77. The van der Waals surface area contributed by atoms with Gasteiger partial charge < -0.3 is 0 Å². The Bertz CT molecular complexity index is 461. The van der Waals surface area contributed by atoms with Crippen molar-refractivity contribution >= 4 is 17.3 Å². The van der Waals surface area contributed by atoms with Crippen LogP contribution in [-0.2, 0) is 6.54 Å². The Hall–Kier alpha value is -1.13. The Labute approximate surface area is 118 Å². The standard InChI is InChI=1S/C14H19ClN2O2/c1-2-3-8-16(12-4-5-12)10-11-9-13(17(18)19)6-7-14(11)15/h6-7,9,12H,2-5,8,10H2,1H3. The Balaban J connectivity index is 2.11. The van der Waals surface area contributed by atoms with Gasteiger partial charge in [0.1, 0.15) is 0 Å². The summed E-state index contributed by atoms with van der Waals surface area (Å²) in [5.74, 6) is 0. The zero-order chi connectivity index (χ0) is 13.8. The van der Waals surface area contributed by atoms with E-state index in [4.69, 9.17) is 11.6 Å². The highest BCUT2D eigenvalue weighted by Gasteiger charge is 2.29. The molecular weight excluding hydrogens is 264 g/mol. The lowest BCUT2D eigenvalue weighted by Gasteiger charge is -2.22. The maximum absolute atomic E-state index is 10.8. The minimum absolute atomic E-state index is 0.116. The van der Waals surface area contributed by atoms with Gasteiger partial charge in [0.05, 0.1) is 4.92 Å². The van der Waals surface area contributed by atoms with Crippen molar-refractivity contribution in [2.24, 2.45) is 0 Å². The largest absolute Gasteiger partial charge is 0.296 e. The van der Waals surface area contributed by atoms with E-state index in [1.54, 1.807) is 12.1 Å². The van der Waals surface area contributed by atoms with Crippen LogP contribution in [-0.4, -0.2) is 22.4 Å². The second kappa shape index (κ2) is 6.35. The number of benzene rings is 1. The number of nitro groups is 1. The molecule has 5 heteroatoms. The summed E-state index contributed by atoms with van der Waals surface area (Å²) in [5, 5.41) is 11.4. The minimum atomic E-state index is -0.368. The van der Waals surface area contributed by atoms with E-state index in [0.717, 1.165) is 24.9 Å². The molecule has 0 aromatic heterocycles. The Morgan fingerprint density at radius 3 is 2.79 bits per heavy atom. The molecule has 19 heavy (non-hydrogen) atoms. The van der Waals surface area contributed by atoms with Gasteiger partial charge in [0, 0.05) is 29.7 Å². The third-order valence-electron chi connectivity index (χ3n) is 3.48. The van der Waals surface area contributed by atoms with Gasteiger partial charge in [0.15, 0.2) is 0 Å². The van der Waals surface area contributed by atoms with E-state index in [9.17, 15) is 10.1 Å². The molecule has 0 heterocycles. The average Bonchev–Trinajstić information content (AvgIpc) is 3.20. The van der Waals surface area contributed by atoms with E-state index in [0.29, 0.717) is 17.6 Å². The first-order chi connectivity index (χ1) is 9.11. The summed E-state index contributed by atoms with van der Waals surface area (Å²) in [4.78, 5) is 12.8. The van der Waals surface area contributed by atoms with Gasteiger partial charge in [-0.3, -0.25) is 15.0 Å². The summed E-state index contributed by atoms with van der Waals surface area (Å²) in [7, 11) is 0. The number of nitro benzene ring substituents is 1.